The minimum Gasteiger partial charge on any atom is -0.352 e. The molecule has 4 rings (SSSR count). The fraction of sp³-hybridized carbons (Fsp3) is 0.348. The molecule has 0 atom stereocenters. The highest BCUT2D eigenvalue weighted by Crippen LogP contribution is 2.25. The number of hydrogen-bond donors (Lipinski definition) is 0. The van der Waals surface area contributed by atoms with Gasteiger partial charge in [-0.2, -0.15) is 4.31 Å². The molecular formula is C23H27N5O2S. The zero-order valence-corrected chi connectivity index (χ0v) is 18.9. The summed E-state index contributed by atoms with van der Waals surface area (Å²) in [5.41, 5.74) is 2.59. The van der Waals surface area contributed by atoms with Gasteiger partial charge in [0.1, 0.15) is 5.69 Å². The van der Waals surface area contributed by atoms with Crippen molar-refractivity contribution in [2.75, 3.05) is 31.1 Å². The van der Waals surface area contributed by atoms with Gasteiger partial charge in [0.25, 0.3) is 0 Å². The number of hydrogen-bond acceptors (Lipinski definition) is 6. The monoisotopic (exact) mass is 437 g/mol. The van der Waals surface area contributed by atoms with Crippen LogP contribution < -0.4 is 4.90 Å². The standard InChI is InChI=1S/C23H27N5O2S/c1-23(2,3)18-7-9-19(10-8-18)31(29,30)28-16-14-27(15-17-28)22-12-11-21(25-26-22)20-6-4-5-13-24-20/h4-13H,14-17H2,1-3H3. The first-order valence-corrected chi connectivity index (χ1v) is 11.8. The minimum absolute atomic E-state index is 0.0128. The second-order valence-electron chi connectivity index (χ2n) is 8.66. The van der Waals surface area contributed by atoms with Gasteiger partial charge in [-0.25, -0.2) is 8.42 Å². The molecule has 3 heterocycles. The predicted octanol–water partition coefficient (Wildman–Crippen LogP) is 3.35. The molecule has 1 saturated heterocycles. The Balaban J connectivity index is 1.42. The highest BCUT2D eigenvalue weighted by molar-refractivity contribution is 7.89. The molecule has 0 saturated carbocycles. The molecule has 0 amide bonds. The Bertz CT molecular complexity index is 1120. The quantitative estimate of drug-likeness (QED) is 0.623. The second-order valence-corrected chi connectivity index (χ2v) is 10.6. The van der Waals surface area contributed by atoms with Gasteiger partial charge in [0.15, 0.2) is 5.82 Å². The van der Waals surface area contributed by atoms with Crippen LogP contribution in [0, 0.1) is 0 Å². The van der Waals surface area contributed by atoms with Crippen molar-refractivity contribution in [3.8, 4) is 11.4 Å². The normalized spacial score (nSPS) is 15.8. The summed E-state index contributed by atoms with van der Waals surface area (Å²) < 4.78 is 27.7. The Morgan fingerprint density at radius 1 is 0.806 bits per heavy atom. The van der Waals surface area contributed by atoms with E-state index in [-0.39, 0.29) is 5.41 Å². The lowest BCUT2D eigenvalue weighted by molar-refractivity contribution is 0.383. The van der Waals surface area contributed by atoms with E-state index < -0.39 is 10.0 Å². The lowest BCUT2D eigenvalue weighted by Crippen LogP contribution is -2.49. The van der Waals surface area contributed by atoms with Gasteiger partial charge in [0.2, 0.25) is 10.0 Å². The molecule has 1 aliphatic heterocycles. The van der Waals surface area contributed by atoms with Crippen LogP contribution in [0.5, 0.6) is 0 Å². The average Bonchev–Trinajstić information content (AvgIpc) is 2.79. The number of sulfonamides is 1. The molecule has 1 aromatic carbocycles. The third-order valence-corrected chi connectivity index (χ3v) is 7.41. The molecular weight excluding hydrogens is 410 g/mol. The van der Waals surface area contributed by atoms with Gasteiger partial charge in [-0.05, 0) is 47.4 Å². The SMILES string of the molecule is CC(C)(C)c1ccc(S(=O)(=O)N2CCN(c3ccc(-c4ccccn4)nn3)CC2)cc1. The maximum atomic E-state index is 13.1. The topological polar surface area (TPSA) is 79.3 Å². The van der Waals surface area contributed by atoms with Gasteiger partial charge in [-0.1, -0.05) is 39.0 Å². The first kappa shape index (κ1) is 21.4. The van der Waals surface area contributed by atoms with E-state index >= 15 is 0 Å². The van der Waals surface area contributed by atoms with Crippen LogP contribution in [-0.2, 0) is 15.4 Å². The Hall–Kier alpha value is -2.84. The Morgan fingerprint density at radius 3 is 2.06 bits per heavy atom. The van der Waals surface area contributed by atoms with Gasteiger partial charge in [-0.15, -0.1) is 10.2 Å². The molecule has 31 heavy (non-hydrogen) atoms. The molecule has 8 heteroatoms. The van der Waals surface area contributed by atoms with Crippen LogP contribution in [0.2, 0.25) is 0 Å². The van der Waals surface area contributed by atoms with Crippen molar-refractivity contribution in [1.29, 1.82) is 0 Å². The van der Waals surface area contributed by atoms with Crippen LogP contribution in [0.3, 0.4) is 0 Å². The first-order chi connectivity index (χ1) is 14.7. The van der Waals surface area contributed by atoms with Gasteiger partial charge in [0.05, 0.1) is 10.6 Å². The molecule has 0 N–H and O–H groups in total. The summed E-state index contributed by atoms with van der Waals surface area (Å²) in [6.07, 6.45) is 1.72. The van der Waals surface area contributed by atoms with Crippen molar-refractivity contribution in [2.45, 2.75) is 31.1 Å². The third-order valence-electron chi connectivity index (χ3n) is 5.50. The number of nitrogens with zero attached hydrogens (tertiary/aromatic N) is 5. The first-order valence-electron chi connectivity index (χ1n) is 10.4. The summed E-state index contributed by atoms with van der Waals surface area (Å²) in [6.45, 7) is 8.29. The molecule has 0 bridgehead atoms. The fourth-order valence-electron chi connectivity index (χ4n) is 3.58. The maximum absolute atomic E-state index is 13.1. The van der Waals surface area contributed by atoms with E-state index in [0.29, 0.717) is 36.8 Å². The van der Waals surface area contributed by atoms with Crippen LogP contribution in [0.4, 0.5) is 5.82 Å². The summed E-state index contributed by atoms with van der Waals surface area (Å²) in [4.78, 5) is 6.69. The summed E-state index contributed by atoms with van der Waals surface area (Å²) in [5.74, 6) is 0.742. The Labute approximate surface area is 183 Å². The molecule has 2 aromatic heterocycles. The van der Waals surface area contributed by atoms with Gasteiger partial charge in [0, 0.05) is 32.4 Å². The van der Waals surface area contributed by atoms with Crippen LogP contribution in [0.1, 0.15) is 26.3 Å². The van der Waals surface area contributed by atoms with E-state index in [4.69, 9.17) is 0 Å². The number of benzene rings is 1. The lowest BCUT2D eigenvalue weighted by Gasteiger charge is -2.34. The van der Waals surface area contributed by atoms with Crippen molar-refractivity contribution in [2.24, 2.45) is 0 Å². The van der Waals surface area contributed by atoms with Crippen LogP contribution in [0.25, 0.3) is 11.4 Å². The maximum Gasteiger partial charge on any atom is 0.243 e. The molecule has 1 fully saturated rings. The molecule has 0 radical (unpaired) electrons. The smallest absolute Gasteiger partial charge is 0.243 e. The summed E-state index contributed by atoms with van der Waals surface area (Å²) >= 11 is 0. The van der Waals surface area contributed by atoms with Crippen molar-refractivity contribution < 1.29 is 8.42 Å². The summed E-state index contributed by atoms with van der Waals surface area (Å²) in [7, 11) is -3.51. The van der Waals surface area contributed by atoms with Gasteiger partial charge < -0.3 is 4.90 Å². The highest BCUT2D eigenvalue weighted by Gasteiger charge is 2.29. The highest BCUT2D eigenvalue weighted by atomic mass is 32.2. The van der Waals surface area contributed by atoms with Crippen molar-refractivity contribution >= 4 is 15.8 Å². The number of rotatable bonds is 4. The molecule has 3 aromatic rings. The van der Waals surface area contributed by atoms with E-state index in [1.165, 1.54) is 0 Å². The van der Waals surface area contributed by atoms with Crippen molar-refractivity contribution in [3.63, 3.8) is 0 Å². The van der Waals surface area contributed by atoms with Crippen LogP contribution >= 0.6 is 0 Å². The number of aromatic nitrogens is 3. The zero-order chi connectivity index (χ0) is 22.1. The number of pyridine rings is 1. The van der Waals surface area contributed by atoms with Crippen LogP contribution in [0.15, 0.2) is 65.7 Å². The van der Waals surface area contributed by atoms with Gasteiger partial charge >= 0.3 is 0 Å². The zero-order valence-electron chi connectivity index (χ0n) is 18.1. The molecule has 162 valence electrons. The van der Waals surface area contributed by atoms with Gasteiger partial charge in [-0.3, -0.25) is 4.98 Å². The summed E-state index contributed by atoms with van der Waals surface area (Å²) in [5, 5.41) is 8.61. The van der Waals surface area contributed by atoms with E-state index in [2.05, 4.69) is 40.9 Å². The minimum atomic E-state index is -3.51. The second kappa shape index (κ2) is 8.36. The van der Waals surface area contributed by atoms with Crippen molar-refractivity contribution in [1.82, 2.24) is 19.5 Å². The van der Waals surface area contributed by atoms with Crippen LogP contribution in [-0.4, -0.2) is 54.1 Å². The molecule has 0 spiro atoms. The van der Waals surface area contributed by atoms with Crippen molar-refractivity contribution in [3.05, 3.63) is 66.4 Å². The van der Waals surface area contributed by atoms with E-state index in [0.717, 1.165) is 17.1 Å². The molecule has 0 aliphatic carbocycles. The molecule has 7 nitrogen and oxygen atoms in total. The lowest BCUT2D eigenvalue weighted by atomic mass is 9.87. The largest absolute Gasteiger partial charge is 0.352 e. The summed E-state index contributed by atoms with van der Waals surface area (Å²) in [6, 6.07) is 16.7. The molecule has 1 aliphatic rings. The third kappa shape index (κ3) is 4.60. The van der Waals surface area contributed by atoms with E-state index in [1.54, 1.807) is 22.6 Å². The Morgan fingerprint density at radius 2 is 1.52 bits per heavy atom. The average molecular weight is 438 g/mol. The number of piperazine rings is 1. The Kier molecular flexibility index (Phi) is 5.77. The fourth-order valence-corrected chi connectivity index (χ4v) is 5.00. The van der Waals surface area contributed by atoms with E-state index in [1.807, 2.05) is 42.5 Å². The number of anilines is 1. The molecule has 0 unspecified atom stereocenters. The van der Waals surface area contributed by atoms with E-state index in [9.17, 15) is 8.42 Å². The predicted molar refractivity (Wildman–Crippen MR) is 121 cm³/mol.